The van der Waals surface area contributed by atoms with Gasteiger partial charge in [-0.05, 0) is 56.1 Å². The van der Waals surface area contributed by atoms with Crippen molar-refractivity contribution in [3.05, 3.63) is 22.3 Å². The number of hydrogen-bond acceptors (Lipinski definition) is 5. The van der Waals surface area contributed by atoms with Gasteiger partial charge in [0.1, 0.15) is 6.17 Å². The third-order valence-corrected chi connectivity index (χ3v) is 6.31. The fourth-order valence-corrected chi connectivity index (χ4v) is 4.82. The molecule has 1 N–H and O–H groups in total. The van der Waals surface area contributed by atoms with Crippen LogP contribution >= 0.6 is 11.8 Å². The summed E-state index contributed by atoms with van der Waals surface area (Å²) >= 11 is 1.65. The molecule has 0 aromatic heterocycles. The quantitative estimate of drug-likeness (QED) is 0.664. The maximum Gasteiger partial charge on any atom is 0.338 e. The minimum atomic E-state index is -0.828. The molecule has 2 atom stereocenters. The normalized spacial score (nSPS) is 24.0. The van der Waals surface area contributed by atoms with Gasteiger partial charge in [0, 0.05) is 19.2 Å². The van der Waals surface area contributed by atoms with Gasteiger partial charge < -0.3 is 14.7 Å². The van der Waals surface area contributed by atoms with Crippen molar-refractivity contribution in [1.82, 2.24) is 9.80 Å². The highest BCUT2D eigenvalue weighted by atomic mass is 32.2. The maximum atomic E-state index is 12.0. The summed E-state index contributed by atoms with van der Waals surface area (Å²) in [5, 5.41) is 10.8. The first kappa shape index (κ1) is 22.3. The fourth-order valence-electron chi connectivity index (χ4n) is 3.79. The number of aliphatic carboxylic acids is 1. The van der Waals surface area contributed by atoms with Crippen LogP contribution in [0.1, 0.15) is 53.9 Å². The second-order valence-corrected chi connectivity index (χ2v) is 9.97. The molecule has 0 saturated carbocycles. The minimum Gasteiger partial charge on any atom is -0.478 e. The molecule has 0 spiro atoms. The van der Waals surface area contributed by atoms with Crippen LogP contribution in [-0.2, 0) is 9.53 Å². The van der Waals surface area contributed by atoms with E-state index in [9.17, 15) is 9.90 Å². The highest BCUT2D eigenvalue weighted by Gasteiger charge is 2.35. The molecule has 2 heterocycles. The summed E-state index contributed by atoms with van der Waals surface area (Å²) in [6.07, 6.45) is 5.39. The zero-order valence-electron chi connectivity index (χ0n) is 17.7. The molecule has 1 fully saturated rings. The zero-order chi connectivity index (χ0) is 20.2. The van der Waals surface area contributed by atoms with E-state index < -0.39 is 5.97 Å². The van der Waals surface area contributed by atoms with Gasteiger partial charge in [0.05, 0.1) is 17.2 Å². The Bertz CT molecular complexity index is 589. The molecule has 2 aliphatic heterocycles. The molecular weight excluding hydrogens is 360 g/mol. The molecule has 0 bridgehead atoms. The summed E-state index contributed by atoms with van der Waals surface area (Å²) in [4.78, 5) is 16.7. The molecule has 154 valence electrons. The van der Waals surface area contributed by atoms with Crippen molar-refractivity contribution < 1.29 is 14.6 Å². The Morgan fingerprint density at radius 1 is 1.44 bits per heavy atom. The zero-order valence-corrected chi connectivity index (χ0v) is 18.6. The van der Waals surface area contributed by atoms with Crippen LogP contribution in [0.3, 0.4) is 0 Å². The molecule has 1 saturated heterocycles. The second kappa shape index (κ2) is 9.48. The Morgan fingerprint density at radius 2 is 2.15 bits per heavy atom. The van der Waals surface area contributed by atoms with Crippen LogP contribution in [0.2, 0.25) is 0 Å². The van der Waals surface area contributed by atoms with Crippen molar-refractivity contribution >= 4 is 17.7 Å². The minimum absolute atomic E-state index is 0.0776. The first-order valence-electron chi connectivity index (χ1n) is 10.0. The van der Waals surface area contributed by atoms with Crippen LogP contribution in [0.4, 0.5) is 0 Å². The van der Waals surface area contributed by atoms with Crippen LogP contribution < -0.4 is 0 Å². The van der Waals surface area contributed by atoms with Crippen molar-refractivity contribution in [2.45, 2.75) is 66.1 Å². The van der Waals surface area contributed by atoms with Gasteiger partial charge in [0.25, 0.3) is 0 Å². The lowest BCUT2D eigenvalue weighted by molar-refractivity contribution is -0.132. The number of thioether (sulfide) groups is 1. The molecule has 0 radical (unpaired) electrons. The maximum absolute atomic E-state index is 12.0. The highest BCUT2D eigenvalue weighted by molar-refractivity contribution is 8.03. The Morgan fingerprint density at radius 3 is 2.67 bits per heavy atom. The third kappa shape index (κ3) is 5.75. The SMILES string of the molecule is CCSC1=C(C(=O)O)C(C)=CC(N(C)C2CCOC2)N1CCCC(C)(C)C. The predicted octanol–water partition coefficient (Wildman–Crippen LogP) is 4.17. The molecule has 0 aromatic rings. The van der Waals surface area contributed by atoms with Gasteiger partial charge >= 0.3 is 5.97 Å². The number of carboxylic acids is 1. The Kier molecular flexibility index (Phi) is 7.83. The van der Waals surface area contributed by atoms with E-state index in [1.54, 1.807) is 11.8 Å². The Hall–Kier alpha value is -0.980. The number of nitrogens with zero attached hydrogens (tertiary/aromatic N) is 2. The smallest absolute Gasteiger partial charge is 0.338 e. The molecule has 0 aliphatic carbocycles. The summed E-state index contributed by atoms with van der Waals surface area (Å²) in [6, 6.07) is 0.378. The van der Waals surface area contributed by atoms with E-state index in [-0.39, 0.29) is 11.6 Å². The van der Waals surface area contributed by atoms with E-state index >= 15 is 0 Å². The van der Waals surface area contributed by atoms with E-state index in [1.807, 2.05) is 6.92 Å². The summed E-state index contributed by atoms with van der Waals surface area (Å²) in [5.41, 5.74) is 1.60. The predicted molar refractivity (Wildman–Crippen MR) is 113 cm³/mol. The van der Waals surface area contributed by atoms with Crippen molar-refractivity contribution in [3.8, 4) is 0 Å². The molecule has 27 heavy (non-hydrogen) atoms. The first-order chi connectivity index (χ1) is 12.7. The van der Waals surface area contributed by atoms with Crippen molar-refractivity contribution in [3.63, 3.8) is 0 Å². The lowest BCUT2D eigenvalue weighted by atomic mass is 9.90. The van der Waals surface area contributed by atoms with Gasteiger partial charge in [0.15, 0.2) is 0 Å². The molecule has 6 heteroatoms. The molecule has 5 nitrogen and oxygen atoms in total. The standard InChI is InChI=1S/C21H36N2O3S/c1-7-27-19-18(20(24)25)15(2)13-17(22(6)16-9-12-26-14-16)23(19)11-8-10-21(3,4)5/h13,16-17H,7-12,14H2,1-6H3,(H,24,25). The van der Waals surface area contributed by atoms with Crippen LogP contribution in [0, 0.1) is 5.41 Å². The number of rotatable bonds is 8. The average Bonchev–Trinajstić information content (AvgIpc) is 3.09. The summed E-state index contributed by atoms with van der Waals surface area (Å²) in [5.74, 6) is 0.0313. The van der Waals surface area contributed by atoms with Gasteiger partial charge in [-0.15, -0.1) is 11.8 Å². The molecule has 2 aliphatic rings. The van der Waals surface area contributed by atoms with Crippen LogP contribution in [0.5, 0.6) is 0 Å². The summed E-state index contributed by atoms with van der Waals surface area (Å²) in [7, 11) is 2.14. The lowest BCUT2D eigenvalue weighted by Gasteiger charge is -2.44. The van der Waals surface area contributed by atoms with Gasteiger partial charge in [-0.3, -0.25) is 4.90 Å². The number of carbonyl (C=O) groups is 1. The topological polar surface area (TPSA) is 53.0 Å². The van der Waals surface area contributed by atoms with Gasteiger partial charge in [0.2, 0.25) is 0 Å². The Labute approximate surface area is 168 Å². The highest BCUT2D eigenvalue weighted by Crippen LogP contribution is 2.37. The third-order valence-electron chi connectivity index (χ3n) is 5.31. The van der Waals surface area contributed by atoms with Gasteiger partial charge in [-0.1, -0.05) is 27.7 Å². The number of hydrogen-bond donors (Lipinski definition) is 1. The molecule has 2 unspecified atom stereocenters. The van der Waals surface area contributed by atoms with E-state index in [0.717, 1.165) is 55.4 Å². The number of ether oxygens (including phenoxy) is 1. The Balaban J connectivity index is 2.33. The monoisotopic (exact) mass is 396 g/mol. The van der Waals surface area contributed by atoms with Crippen molar-refractivity contribution in [2.24, 2.45) is 5.41 Å². The van der Waals surface area contributed by atoms with E-state index in [0.29, 0.717) is 11.6 Å². The van der Waals surface area contributed by atoms with E-state index in [1.165, 1.54) is 0 Å². The van der Waals surface area contributed by atoms with E-state index in [2.05, 4.69) is 50.6 Å². The molecule has 2 rings (SSSR count). The first-order valence-corrected chi connectivity index (χ1v) is 11.0. The average molecular weight is 397 g/mol. The number of carboxylic acid groups (broad SMARTS) is 1. The summed E-state index contributed by atoms with van der Waals surface area (Å²) < 4.78 is 5.60. The summed E-state index contributed by atoms with van der Waals surface area (Å²) in [6.45, 7) is 13.2. The van der Waals surface area contributed by atoms with Crippen LogP contribution in [-0.4, -0.2) is 65.6 Å². The molecular formula is C21H36N2O3S. The van der Waals surface area contributed by atoms with Gasteiger partial charge in [-0.25, -0.2) is 4.79 Å². The van der Waals surface area contributed by atoms with E-state index in [4.69, 9.17) is 4.74 Å². The van der Waals surface area contributed by atoms with Crippen molar-refractivity contribution in [2.75, 3.05) is 32.6 Å². The fraction of sp³-hybridized carbons (Fsp3) is 0.762. The van der Waals surface area contributed by atoms with Crippen molar-refractivity contribution in [1.29, 1.82) is 0 Å². The number of likely N-dealkylation sites (N-methyl/N-ethyl adjacent to an activating group) is 1. The van der Waals surface area contributed by atoms with Crippen LogP contribution in [0.15, 0.2) is 22.3 Å². The second-order valence-electron chi connectivity index (χ2n) is 8.72. The van der Waals surface area contributed by atoms with Gasteiger partial charge in [-0.2, -0.15) is 0 Å². The molecule has 0 aromatic carbocycles. The largest absolute Gasteiger partial charge is 0.478 e. The lowest BCUT2D eigenvalue weighted by Crippen LogP contribution is -2.51. The molecule has 0 amide bonds. The van der Waals surface area contributed by atoms with Crippen LogP contribution in [0.25, 0.3) is 0 Å².